The summed E-state index contributed by atoms with van der Waals surface area (Å²) in [4.78, 5) is 2.62. The van der Waals surface area contributed by atoms with E-state index in [1.165, 1.54) is 12.1 Å². The SMILES string of the molecule is [N-]=[N+]=NCOc1ccc(Cl)cc1COc1cc(Cl)c(Cl)cc1Cl. The first kappa shape index (κ1) is 17.9. The molecule has 2 rings (SSSR count). The van der Waals surface area contributed by atoms with Crippen LogP contribution in [0, 0.1) is 0 Å². The van der Waals surface area contributed by atoms with E-state index in [9.17, 15) is 0 Å². The summed E-state index contributed by atoms with van der Waals surface area (Å²) in [5.41, 5.74) is 8.94. The number of rotatable bonds is 6. The van der Waals surface area contributed by atoms with Crippen molar-refractivity contribution in [2.24, 2.45) is 5.11 Å². The van der Waals surface area contributed by atoms with E-state index >= 15 is 0 Å². The summed E-state index contributed by atoms with van der Waals surface area (Å²) in [7, 11) is 0. The first-order valence-corrected chi connectivity index (χ1v) is 7.72. The van der Waals surface area contributed by atoms with Crippen molar-refractivity contribution in [3.63, 3.8) is 0 Å². The molecule has 0 aliphatic heterocycles. The summed E-state index contributed by atoms with van der Waals surface area (Å²) in [5.74, 6) is 0.861. The molecule has 23 heavy (non-hydrogen) atoms. The molecule has 0 spiro atoms. The van der Waals surface area contributed by atoms with Crippen molar-refractivity contribution in [1.82, 2.24) is 0 Å². The van der Waals surface area contributed by atoms with E-state index in [0.29, 0.717) is 37.2 Å². The quantitative estimate of drug-likeness (QED) is 0.243. The molecule has 2 aromatic rings. The van der Waals surface area contributed by atoms with Gasteiger partial charge in [0.05, 0.1) is 15.1 Å². The van der Waals surface area contributed by atoms with Gasteiger partial charge in [-0.05, 0) is 29.8 Å². The van der Waals surface area contributed by atoms with Crippen molar-refractivity contribution in [2.75, 3.05) is 6.73 Å². The smallest absolute Gasteiger partial charge is 0.167 e. The van der Waals surface area contributed by atoms with Crippen LogP contribution in [-0.2, 0) is 6.61 Å². The molecule has 120 valence electrons. The Balaban J connectivity index is 2.17. The lowest BCUT2D eigenvalue weighted by Crippen LogP contribution is -2.02. The highest BCUT2D eigenvalue weighted by atomic mass is 35.5. The highest BCUT2D eigenvalue weighted by molar-refractivity contribution is 6.43. The third kappa shape index (κ3) is 4.99. The molecule has 0 bridgehead atoms. The predicted molar refractivity (Wildman–Crippen MR) is 91.9 cm³/mol. The maximum atomic E-state index is 8.28. The first-order chi connectivity index (χ1) is 11.0. The summed E-state index contributed by atoms with van der Waals surface area (Å²) in [6.07, 6.45) is 0. The van der Waals surface area contributed by atoms with Crippen LogP contribution in [0.15, 0.2) is 35.4 Å². The Hall–Kier alpha value is -1.49. The number of hydrogen-bond donors (Lipinski definition) is 0. The van der Waals surface area contributed by atoms with Gasteiger partial charge < -0.3 is 9.47 Å². The topological polar surface area (TPSA) is 67.2 Å². The zero-order chi connectivity index (χ0) is 16.8. The van der Waals surface area contributed by atoms with Crippen molar-refractivity contribution in [3.05, 3.63) is 66.4 Å². The Labute approximate surface area is 152 Å². The Morgan fingerprint density at radius 1 is 0.913 bits per heavy atom. The second kappa shape index (κ2) is 8.39. The van der Waals surface area contributed by atoms with Gasteiger partial charge in [-0.15, -0.1) is 0 Å². The highest BCUT2D eigenvalue weighted by Crippen LogP contribution is 2.35. The van der Waals surface area contributed by atoms with Gasteiger partial charge >= 0.3 is 0 Å². The van der Waals surface area contributed by atoms with Crippen LogP contribution < -0.4 is 9.47 Å². The molecule has 0 radical (unpaired) electrons. The van der Waals surface area contributed by atoms with Crippen molar-refractivity contribution in [2.45, 2.75) is 6.61 Å². The number of ether oxygens (including phenoxy) is 2. The van der Waals surface area contributed by atoms with Crippen LogP contribution in [-0.4, -0.2) is 6.73 Å². The summed E-state index contributed by atoms with van der Waals surface area (Å²) < 4.78 is 11.0. The lowest BCUT2D eigenvalue weighted by molar-refractivity contribution is 0.283. The van der Waals surface area contributed by atoms with E-state index in [4.69, 9.17) is 61.4 Å². The van der Waals surface area contributed by atoms with Crippen molar-refractivity contribution in [3.8, 4) is 11.5 Å². The van der Waals surface area contributed by atoms with Crippen molar-refractivity contribution < 1.29 is 9.47 Å². The molecule has 0 N–H and O–H groups in total. The molecule has 0 atom stereocenters. The van der Waals surface area contributed by atoms with Gasteiger partial charge in [0.25, 0.3) is 0 Å². The second-order valence-corrected chi connectivity index (χ2v) is 5.90. The van der Waals surface area contributed by atoms with E-state index in [2.05, 4.69) is 10.0 Å². The Kier molecular flexibility index (Phi) is 6.51. The van der Waals surface area contributed by atoms with Crippen molar-refractivity contribution in [1.29, 1.82) is 0 Å². The molecule has 0 saturated carbocycles. The maximum Gasteiger partial charge on any atom is 0.167 e. The summed E-state index contributed by atoms with van der Waals surface area (Å²) in [5, 5.41) is 4.83. The molecule has 0 aromatic heterocycles. The minimum absolute atomic E-state index is 0.129. The van der Waals surface area contributed by atoms with E-state index < -0.39 is 0 Å². The lowest BCUT2D eigenvalue weighted by atomic mass is 10.2. The molecule has 2 aromatic carbocycles. The fraction of sp³-hybridized carbons (Fsp3) is 0.143. The minimum Gasteiger partial charge on any atom is -0.487 e. The molecule has 0 amide bonds. The van der Waals surface area contributed by atoms with Crippen LogP contribution in [0.25, 0.3) is 10.4 Å². The first-order valence-electron chi connectivity index (χ1n) is 6.20. The molecule has 0 saturated heterocycles. The largest absolute Gasteiger partial charge is 0.487 e. The van der Waals surface area contributed by atoms with Crippen LogP contribution in [0.2, 0.25) is 20.1 Å². The molecule has 5 nitrogen and oxygen atoms in total. The number of benzene rings is 2. The molecular weight excluding hydrogens is 384 g/mol. The third-order valence-electron chi connectivity index (χ3n) is 2.72. The number of halogens is 4. The molecular formula is C14H9Cl4N3O2. The third-order valence-corrected chi connectivity index (χ3v) is 3.97. The van der Waals surface area contributed by atoms with Gasteiger partial charge in [-0.25, -0.2) is 0 Å². The molecule has 0 aliphatic rings. The second-order valence-electron chi connectivity index (χ2n) is 4.24. The monoisotopic (exact) mass is 391 g/mol. The maximum absolute atomic E-state index is 8.28. The molecule has 0 aliphatic carbocycles. The fourth-order valence-electron chi connectivity index (χ4n) is 1.70. The number of nitrogens with zero attached hydrogens (tertiary/aromatic N) is 3. The predicted octanol–water partition coefficient (Wildman–Crippen LogP) is 6.53. The average Bonchev–Trinajstić information content (AvgIpc) is 2.51. The van der Waals surface area contributed by atoms with E-state index in [1.807, 2.05) is 0 Å². The van der Waals surface area contributed by atoms with Gasteiger partial charge in [0, 0.05) is 21.6 Å². The van der Waals surface area contributed by atoms with E-state index in [1.54, 1.807) is 18.2 Å². The Morgan fingerprint density at radius 2 is 1.65 bits per heavy atom. The zero-order valence-corrected chi connectivity index (χ0v) is 14.5. The van der Waals surface area contributed by atoms with E-state index in [-0.39, 0.29) is 13.3 Å². The summed E-state index contributed by atoms with van der Waals surface area (Å²) in [6, 6.07) is 8.01. The van der Waals surface area contributed by atoms with E-state index in [0.717, 1.165) is 0 Å². The molecule has 0 fully saturated rings. The van der Waals surface area contributed by atoms with Gasteiger partial charge in [-0.1, -0.05) is 51.5 Å². The van der Waals surface area contributed by atoms with Crippen LogP contribution in [0.5, 0.6) is 11.5 Å². The van der Waals surface area contributed by atoms with Crippen LogP contribution in [0.1, 0.15) is 5.56 Å². The van der Waals surface area contributed by atoms with Crippen LogP contribution in [0.3, 0.4) is 0 Å². The molecule has 9 heteroatoms. The van der Waals surface area contributed by atoms with Crippen LogP contribution >= 0.6 is 46.4 Å². The molecule has 0 unspecified atom stereocenters. The number of azide groups is 1. The van der Waals surface area contributed by atoms with Gasteiger partial charge in [-0.2, -0.15) is 0 Å². The lowest BCUT2D eigenvalue weighted by Gasteiger charge is -2.13. The Bertz CT molecular complexity index is 764. The normalized spacial score (nSPS) is 10.1. The van der Waals surface area contributed by atoms with Gasteiger partial charge in [0.1, 0.15) is 18.1 Å². The molecule has 0 heterocycles. The van der Waals surface area contributed by atoms with Gasteiger partial charge in [0.15, 0.2) is 6.73 Å². The Morgan fingerprint density at radius 3 is 2.39 bits per heavy atom. The summed E-state index contributed by atoms with van der Waals surface area (Å²) >= 11 is 23.9. The fourth-order valence-corrected chi connectivity index (χ4v) is 2.48. The van der Waals surface area contributed by atoms with Crippen molar-refractivity contribution >= 4 is 46.4 Å². The van der Waals surface area contributed by atoms with Gasteiger partial charge in [0.2, 0.25) is 0 Å². The average molecular weight is 393 g/mol. The standard InChI is InChI=1S/C14H9Cl4N3O2/c15-9-1-2-13(23-7-20-21-19)8(3-9)6-22-14-5-11(17)10(16)4-12(14)18/h1-5H,6-7H2. The summed E-state index contributed by atoms with van der Waals surface area (Å²) in [6.45, 7) is -0.0114. The number of hydrogen-bond acceptors (Lipinski definition) is 3. The van der Waals surface area contributed by atoms with Gasteiger partial charge in [-0.3, -0.25) is 0 Å². The minimum atomic E-state index is -0.140. The van der Waals surface area contributed by atoms with Crippen LogP contribution in [0.4, 0.5) is 0 Å². The highest BCUT2D eigenvalue weighted by Gasteiger charge is 2.10. The zero-order valence-electron chi connectivity index (χ0n) is 11.5.